The van der Waals surface area contributed by atoms with E-state index in [0.717, 1.165) is 0 Å². The molecule has 0 aliphatic heterocycles. The van der Waals surface area contributed by atoms with Crippen molar-refractivity contribution in [1.82, 2.24) is 0 Å². The van der Waals surface area contributed by atoms with Gasteiger partial charge in [0.1, 0.15) is 8.98 Å². The highest BCUT2D eigenvalue weighted by molar-refractivity contribution is 6.60. The number of hydrogen-bond donors (Lipinski definition) is 0. The topological polar surface area (TPSA) is 0 Å². The molecule has 0 unspecified atom stereocenters. The zero-order chi connectivity index (χ0) is 17.2. The Morgan fingerprint density at radius 1 is 0.500 bits per heavy atom. The van der Waals surface area contributed by atoms with Gasteiger partial charge in [-0.2, -0.15) is 0 Å². The molecule has 1 rings (SSSR count). The molecule has 0 bridgehead atoms. The van der Waals surface area contributed by atoms with Crippen LogP contribution in [-0.4, -0.2) is 0 Å². The van der Waals surface area contributed by atoms with Crippen LogP contribution < -0.4 is 0 Å². The second-order valence-corrected chi connectivity index (χ2v) is 8.22. The van der Waals surface area contributed by atoms with Crippen LogP contribution in [0.5, 0.6) is 0 Å². The van der Waals surface area contributed by atoms with Crippen LogP contribution >= 0.6 is 116 Å². The lowest BCUT2D eigenvalue weighted by Crippen LogP contribution is -1.98. The Bertz CT molecular complexity index is 564. The molecule has 0 fully saturated rings. The standard InChI is InChI=1S/C12H4Cl10/c13-5(11(19)20)1-3-7(15)9(17)4(10(18)8(3)16)2-6(14)12(21)22/h1-2H2. The molecule has 0 saturated heterocycles. The summed E-state index contributed by atoms with van der Waals surface area (Å²) in [6.07, 6.45) is 0.141. The zero-order valence-electron chi connectivity index (χ0n) is 10.2. The van der Waals surface area contributed by atoms with E-state index < -0.39 is 0 Å². The molecule has 22 heavy (non-hydrogen) atoms. The molecule has 0 radical (unpaired) electrons. The van der Waals surface area contributed by atoms with E-state index in [0.29, 0.717) is 11.1 Å². The second kappa shape index (κ2) is 9.34. The highest BCUT2D eigenvalue weighted by Crippen LogP contribution is 2.44. The highest BCUT2D eigenvalue weighted by atomic mass is 35.5. The largest absolute Gasteiger partial charge is 0.121 e. The van der Waals surface area contributed by atoms with Gasteiger partial charge in [0.15, 0.2) is 0 Å². The van der Waals surface area contributed by atoms with Crippen molar-refractivity contribution in [3.8, 4) is 0 Å². The molecule has 0 amide bonds. The molecular formula is C12H4Cl10. The van der Waals surface area contributed by atoms with Gasteiger partial charge in [0.05, 0.1) is 30.2 Å². The van der Waals surface area contributed by atoms with E-state index in [-0.39, 0.29) is 52.0 Å². The molecule has 1 aromatic rings. The summed E-state index contributed by atoms with van der Waals surface area (Å²) < 4.78 is -0.213. The molecule has 1 aromatic carbocycles. The summed E-state index contributed by atoms with van der Waals surface area (Å²) in [6, 6.07) is 0. The first-order valence-corrected chi connectivity index (χ1v) is 9.08. The highest BCUT2D eigenvalue weighted by Gasteiger charge is 2.22. The summed E-state index contributed by atoms with van der Waals surface area (Å²) >= 11 is 59.1. The third-order valence-corrected chi connectivity index (χ3v) is 6.33. The SMILES string of the molecule is ClC(Cl)=C(Cl)Cc1c(Cl)c(Cl)c(CC(Cl)=C(Cl)Cl)c(Cl)c1Cl. The molecule has 0 aliphatic rings. The van der Waals surface area contributed by atoms with Gasteiger partial charge in [0.25, 0.3) is 0 Å². The van der Waals surface area contributed by atoms with E-state index in [1.807, 2.05) is 0 Å². The first-order valence-electron chi connectivity index (χ1n) is 5.30. The zero-order valence-corrected chi connectivity index (χ0v) is 17.8. The predicted octanol–water partition coefficient (Wildman–Crippen LogP) is 9.16. The number of benzene rings is 1. The summed E-state index contributed by atoms with van der Waals surface area (Å²) in [6.45, 7) is 0. The smallest absolute Gasteiger partial charge is 0.0862 e. The Hall–Kier alpha value is 1.60. The molecule has 0 aliphatic carbocycles. The van der Waals surface area contributed by atoms with Gasteiger partial charge in [-0.3, -0.25) is 0 Å². The van der Waals surface area contributed by atoms with Gasteiger partial charge in [-0.15, -0.1) is 0 Å². The maximum absolute atomic E-state index is 6.22. The van der Waals surface area contributed by atoms with Crippen LogP contribution in [0.2, 0.25) is 20.1 Å². The minimum absolute atomic E-state index is 0.0705. The molecule has 122 valence electrons. The Balaban J connectivity index is 3.45. The summed E-state index contributed by atoms with van der Waals surface area (Å²) in [5.41, 5.74) is 0.783. The number of halogens is 10. The minimum atomic E-state index is -0.106. The van der Waals surface area contributed by atoms with Gasteiger partial charge in [-0.05, 0) is 11.1 Å². The van der Waals surface area contributed by atoms with Crippen LogP contribution in [0.1, 0.15) is 11.1 Å². The van der Waals surface area contributed by atoms with Crippen LogP contribution in [0.15, 0.2) is 19.0 Å². The van der Waals surface area contributed by atoms with Crippen molar-refractivity contribution < 1.29 is 0 Å². The van der Waals surface area contributed by atoms with Gasteiger partial charge >= 0.3 is 0 Å². The van der Waals surface area contributed by atoms with Crippen molar-refractivity contribution in [3.63, 3.8) is 0 Å². The van der Waals surface area contributed by atoms with Crippen molar-refractivity contribution in [2.24, 2.45) is 0 Å². The van der Waals surface area contributed by atoms with Crippen molar-refractivity contribution in [3.05, 3.63) is 50.3 Å². The van der Waals surface area contributed by atoms with Gasteiger partial charge in [-0.1, -0.05) is 116 Å². The molecule has 0 spiro atoms. The van der Waals surface area contributed by atoms with E-state index in [4.69, 9.17) is 116 Å². The van der Waals surface area contributed by atoms with Crippen molar-refractivity contribution in [2.75, 3.05) is 0 Å². The average molecular weight is 503 g/mol. The molecule has 0 N–H and O–H groups in total. The van der Waals surface area contributed by atoms with Gasteiger partial charge in [0, 0.05) is 12.8 Å². The van der Waals surface area contributed by atoms with Gasteiger partial charge in [-0.25, -0.2) is 0 Å². The fraction of sp³-hybridized carbons (Fsp3) is 0.167. The molecule has 0 nitrogen and oxygen atoms in total. The fourth-order valence-corrected chi connectivity index (χ4v) is 3.21. The minimum Gasteiger partial charge on any atom is -0.0862 e. The average Bonchev–Trinajstić information content (AvgIpc) is 2.45. The number of rotatable bonds is 4. The third-order valence-electron chi connectivity index (χ3n) is 2.52. The normalized spacial score (nSPS) is 10.6. The van der Waals surface area contributed by atoms with E-state index in [9.17, 15) is 0 Å². The molecule has 0 heterocycles. The maximum atomic E-state index is 6.22. The number of hydrogen-bond acceptors (Lipinski definition) is 0. The van der Waals surface area contributed by atoms with E-state index in [2.05, 4.69) is 0 Å². The molecular weight excluding hydrogens is 499 g/mol. The molecule has 0 atom stereocenters. The summed E-state index contributed by atoms with van der Waals surface area (Å²) in [7, 11) is 0. The number of allylic oxidation sites excluding steroid dienone is 2. The molecule has 10 heteroatoms. The van der Waals surface area contributed by atoms with Crippen LogP contribution in [0.3, 0.4) is 0 Å². The van der Waals surface area contributed by atoms with Crippen LogP contribution in [-0.2, 0) is 12.8 Å². The fourth-order valence-electron chi connectivity index (χ4n) is 1.48. The van der Waals surface area contributed by atoms with E-state index in [1.54, 1.807) is 0 Å². The van der Waals surface area contributed by atoms with E-state index in [1.165, 1.54) is 0 Å². The van der Waals surface area contributed by atoms with Crippen molar-refractivity contribution in [2.45, 2.75) is 12.8 Å². The summed E-state index contributed by atoms with van der Waals surface area (Å²) in [5.74, 6) is 0. The Kier molecular flexibility index (Phi) is 9.19. The Morgan fingerprint density at radius 3 is 0.909 bits per heavy atom. The van der Waals surface area contributed by atoms with Crippen LogP contribution in [0.4, 0.5) is 0 Å². The summed E-state index contributed by atoms with van der Waals surface area (Å²) in [4.78, 5) is 0. The van der Waals surface area contributed by atoms with Crippen LogP contribution in [0, 0.1) is 0 Å². The monoisotopic (exact) mass is 498 g/mol. The van der Waals surface area contributed by atoms with E-state index >= 15 is 0 Å². The lowest BCUT2D eigenvalue weighted by atomic mass is 10.1. The van der Waals surface area contributed by atoms with Gasteiger partial charge < -0.3 is 0 Å². The first kappa shape index (κ1) is 21.6. The van der Waals surface area contributed by atoms with Gasteiger partial charge in [0.2, 0.25) is 0 Å². The second-order valence-electron chi connectivity index (χ2n) is 3.90. The predicted molar refractivity (Wildman–Crippen MR) is 103 cm³/mol. The molecule has 0 aromatic heterocycles. The summed E-state index contributed by atoms with van der Waals surface area (Å²) in [5, 5.41) is 0.938. The Labute approximate surface area is 177 Å². The Morgan fingerprint density at radius 2 is 0.727 bits per heavy atom. The molecule has 0 saturated carbocycles. The van der Waals surface area contributed by atoms with Crippen LogP contribution in [0.25, 0.3) is 0 Å². The van der Waals surface area contributed by atoms with Crippen molar-refractivity contribution >= 4 is 116 Å². The maximum Gasteiger partial charge on any atom is 0.121 e. The quantitative estimate of drug-likeness (QED) is 0.360. The lowest BCUT2D eigenvalue weighted by Gasteiger charge is -2.15. The van der Waals surface area contributed by atoms with Crippen molar-refractivity contribution in [1.29, 1.82) is 0 Å². The lowest BCUT2D eigenvalue weighted by molar-refractivity contribution is 1.19. The first-order chi connectivity index (χ1) is 10.1. The third kappa shape index (κ3) is 5.30.